The summed E-state index contributed by atoms with van der Waals surface area (Å²) in [6.07, 6.45) is 1.19. The van der Waals surface area contributed by atoms with Crippen molar-refractivity contribution in [1.82, 2.24) is 9.97 Å². The molecule has 0 atom stereocenters. The summed E-state index contributed by atoms with van der Waals surface area (Å²) in [6.45, 7) is 0. The van der Waals surface area contributed by atoms with Crippen LogP contribution in [0.15, 0.2) is 16.7 Å². The molecular weight excluding hydrogens is 174 g/mol. The number of anilines is 1. The number of carboxylic acid groups (broad SMARTS) is 1. The Morgan fingerprint density at radius 2 is 2.38 bits per heavy atom. The summed E-state index contributed by atoms with van der Waals surface area (Å²) in [5.74, 6) is -1.06. The van der Waals surface area contributed by atoms with E-state index in [1.807, 2.05) is 0 Å². The summed E-state index contributed by atoms with van der Waals surface area (Å²) < 4.78 is 4.87. The van der Waals surface area contributed by atoms with Gasteiger partial charge in [0.1, 0.15) is 5.52 Å². The second-order valence-electron chi connectivity index (χ2n) is 2.41. The Bertz CT molecular complexity index is 477. The van der Waals surface area contributed by atoms with Crippen LogP contribution in [0, 0.1) is 0 Å². The fraction of sp³-hybridized carbons (Fsp3) is 0. The second-order valence-corrected chi connectivity index (χ2v) is 2.41. The number of carbonyl (C=O) groups is 1. The van der Waals surface area contributed by atoms with E-state index >= 15 is 0 Å². The summed E-state index contributed by atoms with van der Waals surface area (Å²) in [4.78, 5) is 18.0. The predicted octanol–water partition coefficient (Wildman–Crippen LogP) is 0.503. The number of aromatic carboxylic acids is 1. The molecule has 0 amide bonds. The molecule has 0 radical (unpaired) electrons. The molecule has 0 aromatic carbocycles. The number of pyridine rings is 1. The van der Waals surface area contributed by atoms with Crippen LogP contribution in [0.1, 0.15) is 10.4 Å². The zero-order chi connectivity index (χ0) is 9.42. The number of rotatable bonds is 1. The lowest BCUT2D eigenvalue weighted by Crippen LogP contribution is -1.96. The first-order valence-corrected chi connectivity index (χ1v) is 3.42. The quantitative estimate of drug-likeness (QED) is 0.660. The van der Waals surface area contributed by atoms with Crippen molar-refractivity contribution in [3.63, 3.8) is 0 Å². The smallest absolute Gasteiger partial charge is 0.337 e. The molecule has 0 fully saturated rings. The number of carboxylic acids is 1. The van der Waals surface area contributed by atoms with Crippen molar-refractivity contribution in [3.8, 4) is 0 Å². The van der Waals surface area contributed by atoms with E-state index in [1.54, 1.807) is 0 Å². The molecule has 0 spiro atoms. The van der Waals surface area contributed by atoms with Gasteiger partial charge in [-0.15, -0.1) is 0 Å². The molecule has 2 rings (SSSR count). The van der Waals surface area contributed by atoms with Gasteiger partial charge in [-0.3, -0.25) is 0 Å². The molecule has 2 aromatic rings. The number of aromatic nitrogens is 2. The second kappa shape index (κ2) is 2.44. The predicted molar refractivity (Wildman–Crippen MR) is 43.2 cm³/mol. The Balaban J connectivity index is 2.67. The van der Waals surface area contributed by atoms with Gasteiger partial charge in [-0.1, -0.05) is 0 Å². The largest absolute Gasteiger partial charge is 0.478 e. The summed E-state index contributed by atoms with van der Waals surface area (Å²) in [5.41, 5.74) is 5.89. The molecule has 2 aromatic heterocycles. The maximum Gasteiger partial charge on any atom is 0.337 e. The van der Waals surface area contributed by atoms with Crippen LogP contribution in [0.25, 0.3) is 11.2 Å². The molecule has 0 aliphatic rings. The maximum atomic E-state index is 10.5. The third kappa shape index (κ3) is 1.18. The van der Waals surface area contributed by atoms with Gasteiger partial charge >= 0.3 is 5.97 Å². The van der Waals surface area contributed by atoms with Gasteiger partial charge in [0.25, 0.3) is 6.01 Å². The topological polar surface area (TPSA) is 102 Å². The Morgan fingerprint density at radius 1 is 1.62 bits per heavy atom. The normalized spacial score (nSPS) is 10.5. The van der Waals surface area contributed by atoms with Crippen molar-refractivity contribution in [3.05, 3.63) is 17.8 Å². The summed E-state index contributed by atoms with van der Waals surface area (Å²) in [6, 6.07) is 1.33. The zero-order valence-electron chi connectivity index (χ0n) is 6.39. The molecule has 6 heteroatoms. The monoisotopic (exact) mass is 179 g/mol. The van der Waals surface area contributed by atoms with Crippen LogP contribution in [0.3, 0.4) is 0 Å². The molecule has 0 saturated heterocycles. The van der Waals surface area contributed by atoms with Gasteiger partial charge in [-0.05, 0) is 6.07 Å². The minimum atomic E-state index is -1.06. The van der Waals surface area contributed by atoms with Crippen LogP contribution in [-0.2, 0) is 0 Å². The molecule has 66 valence electrons. The van der Waals surface area contributed by atoms with E-state index in [1.165, 1.54) is 12.3 Å². The number of nitrogens with zero attached hydrogens (tertiary/aromatic N) is 2. The van der Waals surface area contributed by atoms with Gasteiger partial charge < -0.3 is 15.3 Å². The number of fused-ring (bicyclic) bond motifs is 1. The van der Waals surface area contributed by atoms with Gasteiger partial charge in [0, 0.05) is 6.20 Å². The highest BCUT2D eigenvalue weighted by atomic mass is 16.4. The maximum absolute atomic E-state index is 10.5. The van der Waals surface area contributed by atoms with Crippen molar-refractivity contribution >= 4 is 23.2 Å². The molecule has 13 heavy (non-hydrogen) atoms. The molecular formula is C7H5N3O3. The van der Waals surface area contributed by atoms with E-state index in [9.17, 15) is 4.79 Å². The number of oxazole rings is 1. The van der Waals surface area contributed by atoms with Gasteiger partial charge in [-0.2, -0.15) is 4.98 Å². The van der Waals surface area contributed by atoms with Crippen molar-refractivity contribution in [2.75, 3.05) is 5.73 Å². The molecule has 0 aliphatic heterocycles. The van der Waals surface area contributed by atoms with Gasteiger partial charge in [0.2, 0.25) is 5.71 Å². The lowest BCUT2D eigenvalue weighted by Gasteiger charge is -1.90. The van der Waals surface area contributed by atoms with E-state index in [0.29, 0.717) is 5.52 Å². The van der Waals surface area contributed by atoms with Crippen molar-refractivity contribution in [2.24, 2.45) is 0 Å². The van der Waals surface area contributed by atoms with Gasteiger partial charge in [-0.25, -0.2) is 9.78 Å². The van der Waals surface area contributed by atoms with E-state index in [0.717, 1.165) is 0 Å². The fourth-order valence-electron chi connectivity index (χ4n) is 0.957. The molecule has 0 bridgehead atoms. The van der Waals surface area contributed by atoms with E-state index in [2.05, 4.69) is 9.97 Å². The highest BCUT2D eigenvalue weighted by Crippen LogP contribution is 2.15. The van der Waals surface area contributed by atoms with Crippen LogP contribution < -0.4 is 5.73 Å². The van der Waals surface area contributed by atoms with Crippen molar-refractivity contribution in [2.45, 2.75) is 0 Å². The average Bonchev–Trinajstić information content (AvgIpc) is 2.42. The molecule has 3 N–H and O–H groups in total. The lowest BCUT2D eigenvalue weighted by molar-refractivity contribution is 0.0696. The lowest BCUT2D eigenvalue weighted by atomic mass is 10.3. The summed E-state index contributed by atoms with van der Waals surface area (Å²) in [5, 5.41) is 8.62. The van der Waals surface area contributed by atoms with Gasteiger partial charge in [0.15, 0.2) is 0 Å². The first-order chi connectivity index (χ1) is 6.16. The molecule has 0 unspecified atom stereocenters. The summed E-state index contributed by atoms with van der Waals surface area (Å²) in [7, 11) is 0. The Kier molecular flexibility index (Phi) is 1.42. The van der Waals surface area contributed by atoms with Crippen LogP contribution in [-0.4, -0.2) is 21.0 Å². The number of hydrogen-bond acceptors (Lipinski definition) is 5. The SMILES string of the molecule is Nc1nc2cc(C(=O)O)cnc2o1. The van der Waals surface area contributed by atoms with Gasteiger partial charge in [0.05, 0.1) is 5.56 Å². The third-order valence-electron chi connectivity index (χ3n) is 1.51. The molecule has 0 saturated carbocycles. The average molecular weight is 179 g/mol. The third-order valence-corrected chi connectivity index (χ3v) is 1.51. The number of nitrogens with two attached hydrogens (primary N) is 1. The Hall–Kier alpha value is -2.11. The Morgan fingerprint density at radius 3 is 3.08 bits per heavy atom. The number of nitrogen functional groups attached to an aromatic ring is 1. The highest BCUT2D eigenvalue weighted by molar-refractivity contribution is 5.90. The van der Waals surface area contributed by atoms with Crippen molar-refractivity contribution in [1.29, 1.82) is 0 Å². The van der Waals surface area contributed by atoms with E-state index in [4.69, 9.17) is 15.3 Å². The van der Waals surface area contributed by atoms with E-state index < -0.39 is 5.97 Å². The Labute approximate surface area is 72.0 Å². The van der Waals surface area contributed by atoms with E-state index in [-0.39, 0.29) is 17.3 Å². The van der Waals surface area contributed by atoms with Crippen LogP contribution in [0.2, 0.25) is 0 Å². The van der Waals surface area contributed by atoms with Crippen molar-refractivity contribution < 1.29 is 14.3 Å². The first kappa shape index (κ1) is 7.53. The standard InChI is InChI=1S/C7H5N3O3/c8-7-10-4-1-3(6(11)12)2-9-5(4)13-7/h1-2H,(H2,8,10)(H,11,12). The zero-order valence-corrected chi connectivity index (χ0v) is 6.39. The minimum absolute atomic E-state index is 0.0231. The minimum Gasteiger partial charge on any atom is -0.478 e. The molecule has 2 heterocycles. The van der Waals surface area contributed by atoms with Crippen LogP contribution in [0.4, 0.5) is 6.01 Å². The number of hydrogen-bond donors (Lipinski definition) is 2. The summed E-state index contributed by atoms with van der Waals surface area (Å²) >= 11 is 0. The first-order valence-electron chi connectivity index (χ1n) is 3.42. The molecule has 0 aliphatic carbocycles. The fourth-order valence-corrected chi connectivity index (χ4v) is 0.957. The van der Waals surface area contributed by atoms with Crippen LogP contribution in [0.5, 0.6) is 0 Å². The molecule has 6 nitrogen and oxygen atoms in total. The van der Waals surface area contributed by atoms with Crippen LogP contribution >= 0.6 is 0 Å². The highest BCUT2D eigenvalue weighted by Gasteiger charge is 2.08.